The molecule has 2 heteroatoms. The second-order valence-electron chi connectivity index (χ2n) is 5.13. The lowest BCUT2D eigenvalue weighted by atomic mass is 9.96. The first-order chi connectivity index (χ1) is 9.79. The minimum atomic E-state index is 0.0476. The summed E-state index contributed by atoms with van der Waals surface area (Å²) in [6, 6.07) is 13.7. The monoisotopic (exact) mass is 266 g/mol. The highest BCUT2D eigenvalue weighted by atomic mass is 16.5. The molecule has 0 bridgehead atoms. The molecule has 20 heavy (non-hydrogen) atoms. The molecular weight excluding hydrogens is 248 g/mol. The minimum absolute atomic E-state index is 0.0476. The number of carbonyl (C=O) groups is 1. The van der Waals surface area contributed by atoms with Crippen LogP contribution in [0.2, 0.25) is 0 Å². The maximum atomic E-state index is 12.6. The second kappa shape index (κ2) is 5.49. The Balaban J connectivity index is 1.97. The SMILES string of the molecule is CCc1ccc(C(=O)c2cccc3c2OCCC3)cc1. The van der Waals surface area contributed by atoms with Gasteiger partial charge in [0.05, 0.1) is 12.2 Å². The zero-order valence-corrected chi connectivity index (χ0v) is 11.7. The Morgan fingerprint density at radius 3 is 2.70 bits per heavy atom. The van der Waals surface area contributed by atoms with Crippen LogP contribution >= 0.6 is 0 Å². The molecule has 0 aromatic heterocycles. The van der Waals surface area contributed by atoms with Crippen LogP contribution in [0.3, 0.4) is 0 Å². The van der Waals surface area contributed by atoms with Crippen LogP contribution in [0.4, 0.5) is 0 Å². The molecule has 1 heterocycles. The minimum Gasteiger partial charge on any atom is -0.493 e. The Morgan fingerprint density at radius 2 is 1.95 bits per heavy atom. The summed E-state index contributed by atoms with van der Waals surface area (Å²) in [5.41, 5.74) is 3.80. The average molecular weight is 266 g/mol. The van der Waals surface area contributed by atoms with Crippen molar-refractivity contribution in [1.29, 1.82) is 0 Å². The molecule has 1 aliphatic heterocycles. The normalized spacial score (nSPS) is 13.4. The third-order valence-electron chi connectivity index (χ3n) is 3.80. The number of hydrogen-bond acceptors (Lipinski definition) is 2. The molecular formula is C18H18O2. The number of rotatable bonds is 3. The molecule has 0 unspecified atom stereocenters. The summed E-state index contributed by atoms with van der Waals surface area (Å²) >= 11 is 0. The summed E-state index contributed by atoms with van der Waals surface area (Å²) < 4.78 is 5.72. The first kappa shape index (κ1) is 12.9. The average Bonchev–Trinajstić information content (AvgIpc) is 2.54. The number of ketones is 1. The van der Waals surface area contributed by atoms with E-state index in [1.807, 2.05) is 42.5 Å². The second-order valence-corrected chi connectivity index (χ2v) is 5.13. The van der Waals surface area contributed by atoms with E-state index in [1.165, 1.54) is 5.56 Å². The number of para-hydroxylation sites is 1. The Kier molecular flexibility index (Phi) is 3.55. The molecule has 0 fully saturated rings. The highest BCUT2D eigenvalue weighted by Gasteiger charge is 2.19. The fourth-order valence-electron chi connectivity index (χ4n) is 2.62. The van der Waals surface area contributed by atoms with E-state index in [0.29, 0.717) is 12.2 Å². The molecule has 1 aliphatic rings. The van der Waals surface area contributed by atoms with Crippen molar-refractivity contribution in [3.63, 3.8) is 0 Å². The molecule has 0 saturated carbocycles. The molecule has 2 aromatic carbocycles. The molecule has 2 nitrogen and oxygen atoms in total. The van der Waals surface area contributed by atoms with Gasteiger partial charge in [-0.2, -0.15) is 0 Å². The Hall–Kier alpha value is -2.09. The van der Waals surface area contributed by atoms with Crippen LogP contribution in [0.5, 0.6) is 5.75 Å². The number of aryl methyl sites for hydroxylation is 2. The summed E-state index contributed by atoms with van der Waals surface area (Å²) in [5, 5.41) is 0. The third kappa shape index (κ3) is 2.34. The maximum absolute atomic E-state index is 12.6. The van der Waals surface area contributed by atoms with Gasteiger partial charge in [-0.1, -0.05) is 43.3 Å². The topological polar surface area (TPSA) is 26.3 Å². The molecule has 0 N–H and O–H groups in total. The van der Waals surface area contributed by atoms with Crippen molar-refractivity contribution < 1.29 is 9.53 Å². The van der Waals surface area contributed by atoms with Crippen LogP contribution in [-0.4, -0.2) is 12.4 Å². The van der Waals surface area contributed by atoms with E-state index in [1.54, 1.807) is 0 Å². The highest BCUT2D eigenvalue weighted by Crippen LogP contribution is 2.30. The van der Waals surface area contributed by atoms with Crippen molar-refractivity contribution >= 4 is 5.78 Å². The zero-order valence-electron chi connectivity index (χ0n) is 11.7. The van der Waals surface area contributed by atoms with Crippen molar-refractivity contribution in [3.05, 3.63) is 64.7 Å². The molecule has 0 amide bonds. The van der Waals surface area contributed by atoms with Crippen LogP contribution in [0, 0.1) is 0 Å². The van der Waals surface area contributed by atoms with E-state index in [-0.39, 0.29) is 5.78 Å². The molecule has 0 saturated heterocycles. The summed E-state index contributed by atoms with van der Waals surface area (Å²) in [6.45, 7) is 2.81. The van der Waals surface area contributed by atoms with Gasteiger partial charge in [-0.3, -0.25) is 4.79 Å². The predicted octanol–water partition coefficient (Wildman–Crippen LogP) is 3.81. The first-order valence-corrected chi connectivity index (χ1v) is 7.18. The van der Waals surface area contributed by atoms with Crippen molar-refractivity contribution in [1.82, 2.24) is 0 Å². The quantitative estimate of drug-likeness (QED) is 0.790. The van der Waals surface area contributed by atoms with Crippen molar-refractivity contribution in [2.75, 3.05) is 6.61 Å². The number of carbonyl (C=O) groups excluding carboxylic acids is 1. The van der Waals surface area contributed by atoms with Gasteiger partial charge in [-0.15, -0.1) is 0 Å². The van der Waals surface area contributed by atoms with Crippen LogP contribution in [-0.2, 0) is 12.8 Å². The van der Waals surface area contributed by atoms with Crippen molar-refractivity contribution in [3.8, 4) is 5.75 Å². The lowest BCUT2D eigenvalue weighted by Gasteiger charge is -2.19. The van der Waals surface area contributed by atoms with Gasteiger partial charge in [0.25, 0.3) is 0 Å². The van der Waals surface area contributed by atoms with E-state index < -0.39 is 0 Å². The van der Waals surface area contributed by atoms with Crippen LogP contribution in [0.1, 0.15) is 40.4 Å². The Morgan fingerprint density at radius 1 is 1.15 bits per heavy atom. The Bertz CT molecular complexity index is 626. The number of fused-ring (bicyclic) bond motifs is 1. The van der Waals surface area contributed by atoms with E-state index in [2.05, 4.69) is 6.92 Å². The third-order valence-corrected chi connectivity index (χ3v) is 3.80. The van der Waals surface area contributed by atoms with Crippen LogP contribution in [0.25, 0.3) is 0 Å². The van der Waals surface area contributed by atoms with Gasteiger partial charge in [0.2, 0.25) is 0 Å². The van der Waals surface area contributed by atoms with Gasteiger partial charge in [0.15, 0.2) is 5.78 Å². The fraction of sp³-hybridized carbons (Fsp3) is 0.278. The van der Waals surface area contributed by atoms with Gasteiger partial charge in [-0.25, -0.2) is 0 Å². The number of hydrogen-bond donors (Lipinski definition) is 0. The highest BCUT2D eigenvalue weighted by molar-refractivity contribution is 6.11. The predicted molar refractivity (Wildman–Crippen MR) is 79.5 cm³/mol. The molecule has 0 aliphatic carbocycles. The van der Waals surface area contributed by atoms with E-state index in [9.17, 15) is 4.79 Å². The van der Waals surface area contributed by atoms with Gasteiger partial charge < -0.3 is 4.74 Å². The van der Waals surface area contributed by atoms with Gasteiger partial charge in [0, 0.05) is 5.56 Å². The van der Waals surface area contributed by atoms with E-state index in [0.717, 1.165) is 36.1 Å². The van der Waals surface area contributed by atoms with Gasteiger partial charge in [0.1, 0.15) is 5.75 Å². The standard InChI is InChI=1S/C18H18O2/c1-2-13-8-10-14(11-9-13)17(19)16-7-3-5-15-6-4-12-20-18(15)16/h3,5,7-11H,2,4,6,12H2,1H3. The number of benzene rings is 2. The summed E-state index contributed by atoms with van der Waals surface area (Å²) in [5.74, 6) is 0.828. The lowest BCUT2D eigenvalue weighted by Crippen LogP contribution is -2.13. The first-order valence-electron chi connectivity index (χ1n) is 7.18. The molecule has 102 valence electrons. The van der Waals surface area contributed by atoms with E-state index in [4.69, 9.17) is 4.74 Å². The van der Waals surface area contributed by atoms with Crippen LogP contribution < -0.4 is 4.74 Å². The summed E-state index contributed by atoms with van der Waals surface area (Å²) in [4.78, 5) is 12.6. The largest absolute Gasteiger partial charge is 0.493 e. The van der Waals surface area contributed by atoms with Crippen LogP contribution in [0.15, 0.2) is 42.5 Å². The number of ether oxygens (including phenoxy) is 1. The lowest BCUT2D eigenvalue weighted by molar-refractivity contribution is 0.103. The molecule has 0 radical (unpaired) electrons. The van der Waals surface area contributed by atoms with Crippen molar-refractivity contribution in [2.24, 2.45) is 0 Å². The smallest absolute Gasteiger partial charge is 0.196 e. The molecule has 0 atom stereocenters. The maximum Gasteiger partial charge on any atom is 0.196 e. The fourth-order valence-corrected chi connectivity index (χ4v) is 2.62. The molecule has 0 spiro atoms. The molecule has 2 aromatic rings. The van der Waals surface area contributed by atoms with Gasteiger partial charge in [-0.05, 0) is 36.5 Å². The van der Waals surface area contributed by atoms with E-state index >= 15 is 0 Å². The summed E-state index contributed by atoms with van der Waals surface area (Å²) in [6.07, 6.45) is 3.00. The Labute approximate surface area is 119 Å². The summed E-state index contributed by atoms with van der Waals surface area (Å²) in [7, 11) is 0. The van der Waals surface area contributed by atoms with Crippen molar-refractivity contribution in [2.45, 2.75) is 26.2 Å². The zero-order chi connectivity index (χ0) is 13.9. The van der Waals surface area contributed by atoms with Gasteiger partial charge >= 0.3 is 0 Å². The molecule has 3 rings (SSSR count).